The van der Waals surface area contributed by atoms with Crippen LogP contribution in [-0.4, -0.2) is 14.8 Å². The molecule has 5 heteroatoms. The molecule has 0 radical (unpaired) electrons. The second-order valence-electron chi connectivity index (χ2n) is 5.54. The highest BCUT2D eigenvalue weighted by Crippen LogP contribution is 2.27. The van der Waals surface area contributed by atoms with E-state index in [0.717, 1.165) is 28.1 Å². The largest absolute Gasteiger partial charge is 0.469 e. The van der Waals surface area contributed by atoms with Crippen molar-refractivity contribution >= 4 is 11.8 Å². The first-order valence-electron chi connectivity index (χ1n) is 7.18. The predicted molar refractivity (Wildman–Crippen MR) is 88.9 cm³/mol. The monoisotopic (exact) mass is 313 g/mol. The summed E-state index contributed by atoms with van der Waals surface area (Å²) in [7, 11) is 1.99. The van der Waals surface area contributed by atoms with Gasteiger partial charge in [0.1, 0.15) is 5.76 Å². The molecule has 22 heavy (non-hydrogen) atoms. The van der Waals surface area contributed by atoms with Gasteiger partial charge in [0.2, 0.25) is 0 Å². The van der Waals surface area contributed by atoms with Crippen molar-refractivity contribution in [2.75, 3.05) is 0 Å². The van der Waals surface area contributed by atoms with Crippen LogP contribution in [0.5, 0.6) is 0 Å². The molecule has 0 aliphatic rings. The number of furan rings is 1. The molecule has 2 aromatic heterocycles. The van der Waals surface area contributed by atoms with Crippen molar-refractivity contribution < 1.29 is 4.42 Å². The number of aromatic nitrogens is 3. The lowest BCUT2D eigenvalue weighted by Gasteiger charge is -2.05. The number of thioether (sulfide) groups is 1. The Morgan fingerprint density at radius 2 is 1.82 bits per heavy atom. The Kier molecular flexibility index (Phi) is 4.07. The van der Waals surface area contributed by atoms with Crippen LogP contribution in [0.15, 0.2) is 40.1 Å². The standard InChI is InChI=1S/C17H19N3OS/c1-11-7-12(2)9-14(8-11)10-22-17-19-18-16(20(17)4)15-5-6-21-13(15)3/h5-9H,10H2,1-4H3. The van der Waals surface area contributed by atoms with Crippen LogP contribution in [0.1, 0.15) is 22.5 Å². The molecule has 0 fully saturated rings. The van der Waals surface area contributed by atoms with E-state index >= 15 is 0 Å². The molecule has 0 amide bonds. The lowest BCUT2D eigenvalue weighted by Crippen LogP contribution is -1.95. The average molecular weight is 313 g/mol. The fourth-order valence-electron chi connectivity index (χ4n) is 2.59. The van der Waals surface area contributed by atoms with E-state index in [1.165, 1.54) is 16.7 Å². The molecule has 3 rings (SSSR count). The highest BCUT2D eigenvalue weighted by atomic mass is 32.2. The van der Waals surface area contributed by atoms with E-state index in [2.05, 4.69) is 42.2 Å². The van der Waals surface area contributed by atoms with Crippen LogP contribution in [0.25, 0.3) is 11.4 Å². The molecule has 2 heterocycles. The van der Waals surface area contributed by atoms with Crippen LogP contribution in [0, 0.1) is 20.8 Å². The molecule has 4 nitrogen and oxygen atoms in total. The van der Waals surface area contributed by atoms with Gasteiger partial charge in [0, 0.05) is 12.8 Å². The van der Waals surface area contributed by atoms with E-state index in [1.807, 2.05) is 24.6 Å². The Bertz CT molecular complexity index is 784. The van der Waals surface area contributed by atoms with E-state index in [9.17, 15) is 0 Å². The molecule has 0 saturated carbocycles. The maximum absolute atomic E-state index is 5.35. The molecule has 0 aliphatic heterocycles. The van der Waals surface area contributed by atoms with Crippen LogP contribution < -0.4 is 0 Å². The minimum Gasteiger partial charge on any atom is -0.469 e. The van der Waals surface area contributed by atoms with E-state index in [0.29, 0.717) is 0 Å². The van der Waals surface area contributed by atoms with Gasteiger partial charge in [-0.1, -0.05) is 41.1 Å². The highest BCUT2D eigenvalue weighted by molar-refractivity contribution is 7.98. The Labute approximate surface area is 134 Å². The van der Waals surface area contributed by atoms with Gasteiger partial charge in [-0.15, -0.1) is 10.2 Å². The summed E-state index contributed by atoms with van der Waals surface area (Å²) in [5, 5.41) is 9.52. The van der Waals surface area contributed by atoms with Gasteiger partial charge in [-0.3, -0.25) is 0 Å². The average Bonchev–Trinajstić information content (AvgIpc) is 3.02. The third-order valence-corrected chi connectivity index (χ3v) is 4.68. The number of nitrogens with zero attached hydrogens (tertiary/aromatic N) is 3. The minimum atomic E-state index is 0.842. The van der Waals surface area contributed by atoms with Gasteiger partial charge < -0.3 is 8.98 Å². The van der Waals surface area contributed by atoms with Crippen LogP contribution in [-0.2, 0) is 12.8 Å². The minimum absolute atomic E-state index is 0.842. The molecular formula is C17H19N3OS. The Balaban J connectivity index is 1.79. The maximum atomic E-state index is 5.35. The second kappa shape index (κ2) is 6.01. The van der Waals surface area contributed by atoms with Crippen molar-refractivity contribution in [3.05, 3.63) is 53.0 Å². The molecular weight excluding hydrogens is 294 g/mol. The van der Waals surface area contributed by atoms with Crippen LogP contribution >= 0.6 is 11.8 Å². The molecule has 0 aliphatic carbocycles. The van der Waals surface area contributed by atoms with E-state index in [1.54, 1.807) is 18.0 Å². The number of rotatable bonds is 4. The zero-order chi connectivity index (χ0) is 15.7. The number of hydrogen-bond acceptors (Lipinski definition) is 4. The fraction of sp³-hybridized carbons (Fsp3) is 0.294. The predicted octanol–water partition coefficient (Wildman–Crippen LogP) is 4.29. The van der Waals surface area contributed by atoms with Crippen molar-refractivity contribution in [3.8, 4) is 11.4 Å². The molecule has 0 unspecified atom stereocenters. The molecule has 3 aromatic rings. The summed E-state index contributed by atoms with van der Waals surface area (Å²) in [5.74, 6) is 2.59. The van der Waals surface area contributed by atoms with E-state index in [-0.39, 0.29) is 0 Å². The summed E-state index contributed by atoms with van der Waals surface area (Å²) in [4.78, 5) is 0. The molecule has 0 spiro atoms. The van der Waals surface area contributed by atoms with Crippen LogP contribution in [0.4, 0.5) is 0 Å². The number of hydrogen-bond donors (Lipinski definition) is 0. The zero-order valence-corrected chi connectivity index (χ0v) is 14.1. The van der Waals surface area contributed by atoms with E-state index < -0.39 is 0 Å². The van der Waals surface area contributed by atoms with Crippen molar-refractivity contribution in [2.24, 2.45) is 7.05 Å². The Morgan fingerprint density at radius 3 is 2.45 bits per heavy atom. The second-order valence-corrected chi connectivity index (χ2v) is 6.48. The van der Waals surface area contributed by atoms with Gasteiger partial charge in [0.05, 0.1) is 11.8 Å². The normalized spacial score (nSPS) is 11.1. The molecule has 0 bridgehead atoms. The summed E-state index contributed by atoms with van der Waals surface area (Å²) in [6.07, 6.45) is 1.68. The van der Waals surface area contributed by atoms with Gasteiger partial charge in [-0.25, -0.2) is 0 Å². The van der Waals surface area contributed by atoms with Gasteiger partial charge in [-0.2, -0.15) is 0 Å². The lowest BCUT2D eigenvalue weighted by atomic mass is 10.1. The summed E-state index contributed by atoms with van der Waals surface area (Å²) in [5.41, 5.74) is 4.89. The van der Waals surface area contributed by atoms with Crippen molar-refractivity contribution in [3.63, 3.8) is 0 Å². The van der Waals surface area contributed by atoms with Gasteiger partial charge in [0.15, 0.2) is 11.0 Å². The summed E-state index contributed by atoms with van der Waals surface area (Å²) < 4.78 is 7.37. The summed E-state index contributed by atoms with van der Waals surface area (Å²) in [6, 6.07) is 8.56. The van der Waals surface area contributed by atoms with E-state index in [4.69, 9.17) is 4.42 Å². The van der Waals surface area contributed by atoms with Gasteiger partial charge in [0.25, 0.3) is 0 Å². The molecule has 1 aromatic carbocycles. The first kappa shape index (κ1) is 14.9. The maximum Gasteiger partial charge on any atom is 0.191 e. The molecule has 0 atom stereocenters. The van der Waals surface area contributed by atoms with Gasteiger partial charge in [-0.05, 0) is 32.4 Å². The van der Waals surface area contributed by atoms with Crippen LogP contribution in [0.3, 0.4) is 0 Å². The van der Waals surface area contributed by atoms with Crippen molar-refractivity contribution in [2.45, 2.75) is 31.7 Å². The van der Waals surface area contributed by atoms with Crippen molar-refractivity contribution in [1.82, 2.24) is 14.8 Å². The first-order chi connectivity index (χ1) is 10.5. The lowest BCUT2D eigenvalue weighted by molar-refractivity contribution is 0.534. The summed E-state index contributed by atoms with van der Waals surface area (Å²) >= 11 is 1.70. The van der Waals surface area contributed by atoms with Crippen molar-refractivity contribution in [1.29, 1.82) is 0 Å². The SMILES string of the molecule is Cc1cc(C)cc(CSc2nnc(-c3ccoc3C)n2C)c1. The highest BCUT2D eigenvalue weighted by Gasteiger charge is 2.14. The molecule has 0 N–H and O–H groups in total. The van der Waals surface area contributed by atoms with Crippen LogP contribution in [0.2, 0.25) is 0 Å². The zero-order valence-electron chi connectivity index (χ0n) is 13.3. The smallest absolute Gasteiger partial charge is 0.191 e. The summed E-state index contributed by atoms with van der Waals surface area (Å²) in [6.45, 7) is 6.19. The number of benzene rings is 1. The first-order valence-corrected chi connectivity index (χ1v) is 8.17. The Hall–Kier alpha value is -2.01. The van der Waals surface area contributed by atoms with Gasteiger partial charge >= 0.3 is 0 Å². The quantitative estimate of drug-likeness (QED) is 0.674. The molecule has 114 valence electrons. The topological polar surface area (TPSA) is 43.9 Å². The fourth-order valence-corrected chi connectivity index (χ4v) is 3.43. The third kappa shape index (κ3) is 2.95. The third-order valence-electron chi connectivity index (χ3n) is 3.58. The number of aryl methyl sites for hydroxylation is 3. The molecule has 0 saturated heterocycles. The Morgan fingerprint density at radius 1 is 1.09 bits per heavy atom.